The molecule has 0 aliphatic rings. The quantitative estimate of drug-likeness (QED) is 0.842. The zero-order valence-corrected chi connectivity index (χ0v) is 11.8. The van der Waals surface area contributed by atoms with Crippen LogP contribution in [-0.2, 0) is 19.4 Å². The Labute approximate surface area is 118 Å². The number of carboxylic acids is 1. The van der Waals surface area contributed by atoms with Crippen molar-refractivity contribution in [1.29, 1.82) is 0 Å². The SMILES string of the molecule is CCc1cccc(CC)c1NCc1occc1C(=O)O. The van der Waals surface area contributed by atoms with Gasteiger partial charge in [-0.2, -0.15) is 0 Å². The molecule has 0 amide bonds. The Hall–Kier alpha value is -2.23. The van der Waals surface area contributed by atoms with Crippen LogP contribution in [0.25, 0.3) is 0 Å². The van der Waals surface area contributed by atoms with E-state index in [1.54, 1.807) is 0 Å². The van der Waals surface area contributed by atoms with Crippen molar-refractivity contribution in [2.75, 3.05) is 5.32 Å². The first-order valence-electron chi connectivity index (χ1n) is 6.81. The predicted molar refractivity (Wildman–Crippen MR) is 78.2 cm³/mol. The summed E-state index contributed by atoms with van der Waals surface area (Å²) in [5.74, 6) is -0.513. The summed E-state index contributed by atoms with van der Waals surface area (Å²) in [6.07, 6.45) is 3.27. The third kappa shape index (κ3) is 2.85. The van der Waals surface area contributed by atoms with E-state index in [0.29, 0.717) is 12.3 Å². The summed E-state index contributed by atoms with van der Waals surface area (Å²) in [4.78, 5) is 11.1. The lowest BCUT2D eigenvalue weighted by Crippen LogP contribution is -2.08. The molecule has 0 unspecified atom stereocenters. The number of anilines is 1. The van der Waals surface area contributed by atoms with Gasteiger partial charge in [0.2, 0.25) is 0 Å². The molecule has 0 aliphatic heterocycles. The van der Waals surface area contributed by atoms with Gasteiger partial charge >= 0.3 is 5.97 Å². The van der Waals surface area contributed by atoms with Gasteiger partial charge in [-0.1, -0.05) is 32.0 Å². The molecule has 2 aromatic rings. The first kappa shape index (κ1) is 14.2. The molecule has 2 N–H and O–H groups in total. The van der Waals surface area contributed by atoms with Gasteiger partial charge in [-0.15, -0.1) is 0 Å². The minimum Gasteiger partial charge on any atom is -0.478 e. The van der Waals surface area contributed by atoms with Gasteiger partial charge < -0.3 is 14.8 Å². The molecule has 0 saturated carbocycles. The average molecular weight is 273 g/mol. The minimum atomic E-state index is -0.963. The summed E-state index contributed by atoms with van der Waals surface area (Å²) in [6, 6.07) is 7.70. The molecule has 0 spiro atoms. The zero-order chi connectivity index (χ0) is 14.5. The van der Waals surface area contributed by atoms with Crippen LogP contribution in [0.2, 0.25) is 0 Å². The molecule has 4 heteroatoms. The fraction of sp³-hybridized carbons (Fsp3) is 0.312. The molecule has 0 aliphatic carbocycles. The Morgan fingerprint density at radius 2 is 1.85 bits per heavy atom. The lowest BCUT2D eigenvalue weighted by atomic mass is 10.0. The van der Waals surface area contributed by atoms with Crippen molar-refractivity contribution in [2.24, 2.45) is 0 Å². The van der Waals surface area contributed by atoms with E-state index in [4.69, 9.17) is 9.52 Å². The summed E-state index contributed by atoms with van der Waals surface area (Å²) in [6.45, 7) is 4.59. The van der Waals surface area contributed by atoms with E-state index >= 15 is 0 Å². The molecular weight excluding hydrogens is 254 g/mol. The molecular formula is C16H19NO3. The smallest absolute Gasteiger partial charge is 0.339 e. The number of aryl methyl sites for hydroxylation is 2. The fourth-order valence-electron chi connectivity index (χ4n) is 2.31. The monoisotopic (exact) mass is 273 g/mol. The molecule has 2 rings (SSSR count). The number of furan rings is 1. The summed E-state index contributed by atoms with van der Waals surface area (Å²) >= 11 is 0. The number of nitrogens with one attached hydrogen (secondary N) is 1. The molecule has 1 aromatic carbocycles. The Bertz CT molecular complexity index is 579. The predicted octanol–water partition coefficient (Wildman–Crippen LogP) is 3.71. The maximum Gasteiger partial charge on any atom is 0.339 e. The molecule has 1 heterocycles. The van der Waals surface area contributed by atoms with Gasteiger partial charge in [0.05, 0.1) is 12.8 Å². The van der Waals surface area contributed by atoms with Crippen LogP contribution in [0.15, 0.2) is 34.9 Å². The molecule has 106 valence electrons. The second kappa shape index (κ2) is 6.28. The standard InChI is InChI=1S/C16H19NO3/c1-3-11-6-5-7-12(4-2)15(11)17-10-14-13(16(18)19)8-9-20-14/h5-9,17H,3-4,10H2,1-2H3,(H,18,19). The van der Waals surface area contributed by atoms with E-state index in [9.17, 15) is 4.79 Å². The van der Waals surface area contributed by atoms with E-state index in [-0.39, 0.29) is 5.56 Å². The second-order valence-corrected chi connectivity index (χ2v) is 4.57. The topological polar surface area (TPSA) is 62.5 Å². The number of benzene rings is 1. The Kier molecular flexibility index (Phi) is 4.45. The van der Waals surface area contributed by atoms with Crippen molar-refractivity contribution >= 4 is 11.7 Å². The molecule has 0 saturated heterocycles. The second-order valence-electron chi connectivity index (χ2n) is 4.57. The van der Waals surface area contributed by atoms with Crippen LogP contribution in [0.1, 0.15) is 41.1 Å². The molecule has 0 radical (unpaired) electrons. The summed E-state index contributed by atoms with van der Waals surface area (Å²) in [7, 11) is 0. The zero-order valence-electron chi connectivity index (χ0n) is 11.8. The van der Waals surface area contributed by atoms with Crippen LogP contribution < -0.4 is 5.32 Å². The Morgan fingerprint density at radius 3 is 2.40 bits per heavy atom. The van der Waals surface area contributed by atoms with Crippen LogP contribution in [-0.4, -0.2) is 11.1 Å². The van der Waals surface area contributed by atoms with Crippen molar-refractivity contribution in [3.05, 3.63) is 53.0 Å². The van der Waals surface area contributed by atoms with Crippen molar-refractivity contribution in [3.8, 4) is 0 Å². The first-order valence-corrected chi connectivity index (χ1v) is 6.81. The highest BCUT2D eigenvalue weighted by molar-refractivity contribution is 5.88. The minimum absolute atomic E-state index is 0.213. The highest BCUT2D eigenvalue weighted by atomic mass is 16.4. The van der Waals surface area contributed by atoms with Gasteiger partial charge in [0.25, 0.3) is 0 Å². The average Bonchev–Trinajstić information content (AvgIpc) is 2.93. The van der Waals surface area contributed by atoms with Gasteiger partial charge in [0.15, 0.2) is 0 Å². The normalized spacial score (nSPS) is 10.5. The third-order valence-corrected chi connectivity index (χ3v) is 3.40. The summed E-state index contributed by atoms with van der Waals surface area (Å²) in [5, 5.41) is 12.4. The van der Waals surface area contributed by atoms with Crippen molar-refractivity contribution in [1.82, 2.24) is 0 Å². The number of carbonyl (C=O) groups is 1. The summed E-state index contributed by atoms with van der Waals surface area (Å²) in [5.41, 5.74) is 3.76. The van der Waals surface area contributed by atoms with Crippen LogP contribution in [0.3, 0.4) is 0 Å². The van der Waals surface area contributed by atoms with Crippen LogP contribution in [0.5, 0.6) is 0 Å². The number of aromatic carboxylic acids is 1. The molecule has 1 aromatic heterocycles. The van der Waals surface area contributed by atoms with E-state index in [2.05, 4.69) is 37.4 Å². The maximum absolute atomic E-state index is 11.1. The lowest BCUT2D eigenvalue weighted by molar-refractivity contribution is 0.0694. The van der Waals surface area contributed by atoms with Crippen molar-refractivity contribution < 1.29 is 14.3 Å². The number of rotatable bonds is 6. The number of carboxylic acid groups (broad SMARTS) is 1. The number of hydrogen-bond acceptors (Lipinski definition) is 3. The molecule has 20 heavy (non-hydrogen) atoms. The largest absolute Gasteiger partial charge is 0.478 e. The molecule has 4 nitrogen and oxygen atoms in total. The van der Waals surface area contributed by atoms with E-state index < -0.39 is 5.97 Å². The highest BCUT2D eigenvalue weighted by Crippen LogP contribution is 2.24. The van der Waals surface area contributed by atoms with E-state index in [1.807, 2.05) is 0 Å². The van der Waals surface area contributed by atoms with Crippen LogP contribution >= 0.6 is 0 Å². The number of para-hydroxylation sites is 1. The molecule has 0 atom stereocenters. The third-order valence-electron chi connectivity index (χ3n) is 3.40. The Morgan fingerprint density at radius 1 is 1.20 bits per heavy atom. The van der Waals surface area contributed by atoms with Crippen LogP contribution in [0.4, 0.5) is 5.69 Å². The van der Waals surface area contributed by atoms with Gasteiger partial charge in [-0.05, 0) is 30.0 Å². The lowest BCUT2D eigenvalue weighted by Gasteiger charge is -2.14. The van der Waals surface area contributed by atoms with Gasteiger partial charge in [0, 0.05) is 5.69 Å². The van der Waals surface area contributed by atoms with E-state index in [1.165, 1.54) is 23.5 Å². The maximum atomic E-state index is 11.1. The molecule has 0 fully saturated rings. The van der Waals surface area contributed by atoms with Gasteiger partial charge in [0.1, 0.15) is 11.3 Å². The van der Waals surface area contributed by atoms with Gasteiger partial charge in [-0.3, -0.25) is 0 Å². The number of hydrogen-bond donors (Lipinski definition) is 2. The Balaban J connectivity index is 2.22. The van der Waals surface area contributed by atoms with Crippen molar-refractivity contribution in [3.63, 3.8) is 0 Å². The first-order chi connectivity index (χ1) is 9.67. The van der Waals surface area contributed by atoms with Crippen molar-refractivity contribution in [2.45, 2.75) is 33.2 Å². The fourth-order valence-corrected chi connectivity index (χ4v) is 2.31. The van der Waals surface area contributed by atoms with Crippen LogP contribution in [0, 0.1) is 0 Å². The van der Waals surface area contributed by atoms with E-state index in [0.717, 1.165) is 18.5 Å². The van der Waals surface area contributed by atoms with Gasteiger partial charge in [-0.25, -0.2) is 4.79 Å². The molecule has 0 bridgehead atoms. The summed E-state index contributed by atoms with van der Waals surface area (Å²) < 4.78 is 5.25. The highest BCUT2D eigenvalue weighted by Gasteiger charge is 2.14.